The van der Waals surface area contributed by atoms with Crippen LogP contribution in [0.5, 0.6) is 5.75 Å². The SMILES string of the molecule is COc1ccc(CSc2c(N)ccnc2C(=O)O)cc1. The first-order valence-electron chi connectivity index (χ1n) is 5.85. The minimum Gasteiger partial charge on any atom is -0.497 e. The summed E-state index contributed by atoms with van der Waals surface area (Å²) in [7, 11) is 1.61. The highest BCUT2D eigenvalue weighted by atomic mass is 32.2. The second-order valence-corrected chi connectivity index (χ2v) is 5.01. The summed E-state index contributed by atoms with van der Waals surface area (Å²) >= 11 is 1.36. The number of nitrogens with zero attached hydrogens (tertiary/aromatic N) is 1. The van der Waals surface area contributed by atoms with E-state index >= 15 is 0 Å². The lowest BCUT2D eigenvalue weighted by molar-refractivity contribution is 0.0686. The van der Waals surface area contributed by atoms with Gasteiger partial charge >= 0.3 is 5.97 Å². The summed E-state index contributed by atoms with van der Waals surface area (Å²) in [5, 5.41) is 9.11. The fraction of sp³-hybridized carbons (Fsp3) is 0.143. The number of methoxy groups -OCH3 is 1. The van der Waals surface area contributed by atoms with Crippen LogP contribution in [0.2, 0.25) is 0 Å². The molecule has 0 amide bonds. The number of carbonyl (C=O) groups is 1. The molecule has 1 heterocycles. The number of carboxylic acid groups (broad SMARTS) is 1. The zero-order chi connectivity index (χ0) is 14.5. The van der Waals surface area contributed by atoms with Crippen molar-refractivity contribution in [1.29, 1.82) is 0 Å². The average Bonchev–Trinajstić information content (AvgIpc) is 2.46. The lowest BCUT2D eigenvalue weighted by atomic mass is 10.2. The van der Waals surface area contributed by atoms with Crippen molar-refractivity contribution in [3.63, 3.8) is 0 Å². The van der Waals surface area contributed by atoms with Crippen molar-refractivity contribution in [3.05, 3.63) is 47.8 Å². The molecule has 1 aromatic heterocycles. The van der Waals surface area contributed by atoms with E-state index in [1.165, 1.54) is 18.0 Å². The second-order valence-electron chi connectivity index (χ2n) is 4.02. The molecule has 1 aromatic carbocycles. The van der Waals surface area contributed by atoms with Gasteiger partial charge in [-0.05, 0) is 23.8 Å². The normalized spacial score (nSPS) is 10.2. The summed E-state index contributed by atoms with van der Waals surface area (Å²) in [6.07, 6.45) is 1.40. The molecule has 0 atom stereocenters. The van der Waals surface area contributed by atoms with Crippen molar-refractivity contribution in [1.82, 2.24) is 4.98 Å². The molecule has 5 nitrogen and oxygen atoms in total. The van der Waals surface area contributed by atoms with Crippen molar-refractivity contribution in [2.75, 3.05) is 12.8 Å². The number of ether oxygens (including phenoxy) is 1. The zero-order valence-corrected chi connectivity index (χ0v) is 11.7. The number of carboxylic acids is 1. The molecule has 2 rings (SSSR count). The van der Waals surface area contributed by atoms with Crippen LogP contribution < -0.4 is 10.5 Å². The van der Waals surface area contributed by atoms with Gasteiger partial charge in [-0.15, -0.1) is 11.8 Å². The quantitative estimate of drug-likeness (QED) is 0.823. The van der Waals surface area contributed by atoms with Gasteiger partial charge in [0.05, 0.1) is 12.0 Å². The van der Waals surface area contributed by atoms with Gasteiger partial charge in [0.1, 0.15) is 5.75 Å². The number of rotatable bonds is 5. The second kappa shape index (κ2) is 6.29. The fourth-order valence-corrected chi connectivity index (χ4v) is 2.66. The first kappa shape index (κ1) is 14.2. The summed E-state index contributed by atoms with van der Waals surface area (Å²) in [5.74, 6) is 0.320. The van der Waals surface area contributed by atoms with Gasteiger partial charge in [0, 0.05) is 17.6 Å². The highest BCUT2D eigenvalue weighted by Gasteiger charge is 2.14. The Morgan fingerprint density at radius 1 is 1.35 bits per heavy atom. The van der Waals surface area contributed by atoms with E-state index in [9.17, 15) is 4.79 Å². The molecule has 0 aliphatic heterocycles. The molecule has 0 radical (unpaired) electrons. The van der Waals surface area contributed by atoms with E-state index in [2.05, 4.69) is 4.98 Å². The van der Waals surface area contributed by atoms with Gasteiger partial charge in [0.2, 0.25) is 0 Å². The molecule has 0 saturated heterocycles. The van der Waals surface area contributed by atoms with E-state index in [0.29, 0.717) is 16.3 Å². The van der Waals surface area contributed by atoms with Gasteiger partial charge in [-0.2, -0.15) is 0 Å². The predicted molar refractivity (Wildman–Crippen MR) is 78.2 cm³/mol. The van der Waals surface area contributed by atoms with Crippen molar-refractivity contribution in [2.24, 2.45) is 0 Å². The molecule has 104 valence electrons. The minimum absolute atomic E-state index is 0.0106. The van der Waals surface area contributed by atoms with Gasteiger partial charge in [-0.25, -0.2) is 9.78 Å². The zero-order valence-electron chi connectivity index (χ0n) is 10.9. The van der Waals surface area contributed by atoms with Crippen LogP contribution in [0.1, 0.15) is 16.1 Å². The lowest BCUT2D eigenvalue weighted by Crippen LogP contribution is -2.05. The largest absolute Gasteiger partial charge is 0.497 e. The molecular weight excluding hydrogens is 276 g/mol. The first-order valence-corrected chi connectivity index (χ1v) is 6.84. The Morgan fingerprint density at radius 3 is 2.65 bits per heavy atom. The van der Waals surface area contributed by atoms with Gasteiger partial charge in [-0.1, -0.05) is 12.1 Å². The first-order chi connectivity index (χ1) is 9.61. The number of anilines is 1. The monoisotopic (exact) mass is 290 g/mol. The molecule has 6 heteroatoms. The highest BCUT2D eigenvalue weighted by molar-refractivity contribution is 7.98. The van der Waals surface area contributed by atoms with E-state index in [1.54, 1.807) is 13.2 Å². The molecular formula is C14H14N2O3S. The third-order valence-electron chi connectivity index (χ3n) is 2.68. The molecule has 0 unspecified atom stereocenters. The number of thioether (sulfide) groups is 1. The van der Waals surface area contributed by atoms with E-state index < -0.39 is 5.97 Å². The summed E-state index contributed by atoms with van der Waals surface area (Å²) in [6.45, 7) is 0. The standard InChI is InChI=1S/C14H14N2O3S/c1-19-10-4-2-9(3-5-10)8-20-13-11(15)6-7-16-12(13)14(17)18/h2-7H,8H2,1H3,(H2,15,16)(H,17,18). The molecule has 20 heavy (non-hydrogen) atoms. The molecule has 0 bridgehead atoms. The number of pyridine rings is 1. The van der Waals surface area contributed by atoms with E-state index in [1.807, 2.05) is 24.3 Å². The van der Waals surface area contributed by atoms with Crippen molar-refractivity contribution in [3.8, 4) is 5.75 Å². The van der Waals surface area contributed by atoms with Crippen LogP contribution in [0.25, 0.3) is 0 Å². The maximum absolute atomic E-state index is 11.1. The highest BCUT2D eigenvalue weighted by Crippen LogP contribution is 2.30. The van der Waals surface area contributed by atoms with Gasteiger partial charge in [-0.3, -0.25) is 0 Å². The van der Waals surface area contributed by atoms with Gasteiger partial charge < -0.3 is 15.6 Å². The van der Waals surface area contributed by atoms with Crippen LogP contribution in [0.15, 0.2) is 41.4 Å². The molecule has 0 spiro atoms. The molecule has 2 aromatic rings. The molecule has 0 aliphatic carbocycles. The summed E-state index contributed by atoms with van der Waals surface area (Å²) in [4.78, 5) is 15.5. The summed E-state index contributed by atoms with van der Waals surface area (Å²) in [5.41, 5.74) is 7.29. The Bertz CT molecular complexity index is 614. The van der Waals surface area contributed by atoms with Crippen LogP contribution in [0.4, 0.5) is 5.69 Å². The topological polar surface area (TPSA) is 85.4 Å². The van der Waals surface area contributed by atoms with Crippen molar-refractivity contribution >= 4 is 23.4 Å². The van der Waals surface area contributed by atoms with E-state index in [0.717, 1.165) is 11.3 Å². The average molecular weight is 290 g/mol. The lowest BCUT2D eigenvalue weighted by Gasteiger charge is -2.08. The smallest absolute Gasteiger partial charge is 0.355 e. The summed E-state index contributed by atoms with van der Waals surface area (Å²) in [6, 6.07) is 9.18. The maximum atomic E-state index is 11.1. The minimum atomic E-state index is -1.07. The number of benzene rings is 1. The third kappa shape index (κ3) is 3.21. The molecule has 0 saturated carbocycles. The Hall–Kier alpha value is -2.21. The third-order valence-corrected chi connectivity index (χ3v) is 3.88. The number of nitrogens with two attached hydrogens (primary N) is 1. The fourth-order valence-electron chi connectivity index (χ4n) is 1.64. The van der Waals surface area contributed by atoms with Crippen LogP contribution in [-0.4, -0.2) is 23.2 Å². The number of aromatic nitrogens is 1. The number of hydrogen-bond donors (Lipinski definition) is 2. The molecule has 3 N–H and O–H groups in total. The van der Waals surface area contributed by atoms with Gasteiger partial charge in [0.25, 0.3) is 0 Å². The van der Waals surface area contributed by atoms with Crippen LogP contribution in [-0.2, 0) is 5.75 Å². The number of hydrogen-bond acceptors (Lipinski definition) is 5. The Morgan fingerprint density at radius 2 is 2.05 bits per heavy atom. The van der Waals surface area contributed by atoms with Crippen LogP contribution in [0, 0.1) is 0 Å². The van der Waals surface area contributed by atoms with Crippen LogP contribution in [0.3, 0.4) is 0 Å². The van der Waals surface area contributed by atoms with E-state index in [-0.39, 0.29) is 5.69 Å². The van der Waals surface area contributed by atoms with Crippen molar-refractivity contribution in [2.45, 2.75) is 10.6 Å². The summed E-state index contributed by atoms with van der Waals surface area (Å²) < 4.78 is 5.09. The van der Waals surface area contributed by atoms with Gasteiger partial charge in [0.15, 0.2) is 5.69 Å². The number of nitrogen functional groups attached to an aromatic ring is 1. The Balaban J connectivity index is 2.16. The molecule has 0 aliphatic rings. The number of aromatic carboxylic acids is 1. The molecule has 0 fully saturated rings. The van der Waals surface area contributed by atoms with E-state index in [4.69, 9.17) is 15.6 Å². The van der Waals surface area contributed by atoms with Crippen LogP contribution >= 0.6 is 11.8 Å². The predicted octanol–water partition coefficient (Wildman–Crippen LogP) is 2.66. The maximum Gasteiger partial charge on any atom is 0.355 e. The Labute approximate surface area is 120 Å². The van der Waals surface area contributed by atoms with Crippen molar-refractivity contribution < 1.29 is 14.6 Å². The Kier molecular flexibility index (Phi) is 4.47.